The van der Waals surface area contributed by atoms with Crippen molar-refractivity contribution in [3.63, 3.8) is 0 Å². The van der Waals surface area contributed by atoms with Crippen LogP contribution in [0.15, 0.2) is 22.7 Å². The topological polar surface area (TPSA) is 21.3 Å². The first kappa shape index (κ1) is 13.9. The molecule has 0 aliphatic heterocycles. The Morgan fingerprint density at radius 3 is 2.78 bits per heavy atom. The van der Waals surface area contributed by atoms with Gasteiger partial charge in [-0.05, 0) is 61.4 Å². The van der Waals surface area contributed by atoms with Crippen LogP contribution in [0.25, 0.3) is 0 Å². The zero-order valence-corrected chi connectivity index (χ0v) is 12.8. The minimum atomic E-state index is 0.475. The fraction of sp³-hybridized carbons (Fsp3) is 0.600. The Balaban J connectivity index is 2.02. The van der Waals surface area contributed by atoms with E-state index in [4.69, 9.17) is 4.74 Å². The van der Waals surface area contributed by atoms with E-state index in [0.29, 0.717) is 5.41 Å². The van der Waals surface area contributed by atoms with Crippen molar-refractivity contribution < 1.29 is 4.74 Å². The van der Waals surface area contributed by atoms with E-state index in [1.165, 1.54) is 24.8 Å². The first-order valence-electron chi connectivity index (χ1n) is 6.72. The lowest BCUT2D eigenvalue weighted by molar-refractivity contribution is 0.396. The van der Waals surface area contributed by atoms with Crippen LogP contribution in [0, 0.1) is 5.41 Å². The van der Waals surface area contributed by atoms with Crippen LogP contribution in [-0.4, -0.2) is 20.2 Å². The van der Waals surface area contributed by atoms with E-state index in [1.54, 1.807) is 7.11 Å². The highest BCUT2D eigenvalue weighted by Crippen LogP contribution is 2.49. The second-order valence-corrected chi connectivity index (χ2v) is 6.23. The number of halogens is 1. The average Bonchev–Trinajstić information content (AvgIpc) is 3.10. The number of ether oxygens (including phenoxy) is 1. The van der Waals surface area contributed by atoms with Gasteiger partial charge in [0.25, 0.3) is 0 Å². The van der Waals surface area contributed by atoms with Crippen LogP contribution in [0.1, 0.15) is 31.7 Å². The minimum Gasteiger partial charge on any atom is -0.496 e. The summed E-state index contributed by atoms with van der Waals surface area (Å²) in [6, 6.07) is 6.28. The molecule has 1 fully saturated rings. The lowest BCUT2D eigenvalue weighted by Gasteiger charge is -2.18. The van der Waals surface area contributed by atoms with E-state index in [2.05, 4.69) is 40.3 Å². The lowest BCUT2D eigenvalue weighted by atomic mass is 9.95. The summed E-state index contributed by atoms with van der Waals surface area (Å²) in [4.78, 5) is 0. The molecule has 100 valence electrons. The summed E-state index contributed by atoms with van der Waals surface area (Å²) < 4.78 is 6.59. The number of methoxy groups -OCH3 is 1. The zero-order valence-electron chi connectivity index (χ0n) is 11.3. The summed E-state index contributed by atoms with van der Waals surface area (Å²) >= 11 is 3.55. The average molecular weight is 312 g/mol. The number of hydrogen-bond acceptors (Lipinski definition) is 2. The maximum Gasteiger partial charge on any atom is 0.122 e. The van der Waals surface area contributed by atoms with Gasteiger partial charge in [-0.15, -0.1) is 0 Å². The van der Waals surface area contributed by atoms with Gasteiger partial charge in [0.2, 0.25) is 0 Å². The van der Waals surface area contributed by atoms with Gasteiger partial charge in [0.1, 0.15) is 5.75 Å². The molecule has 0 atom stereocenters. The number of hydrogen-bond donors (Lipinski definition) is 1. The van der Waals surface area contributed by atoms with Gasteiger partial charge < -0.3 is 10.1 Å². The molecule has 0 radical (unpaired) electrons. The predicted molar refractivity (Wildman–Crippen MR) is 79.2 cm³/mol. The van der Waals surface area contributed by atoms with Gasteiger partial charge in [-0.2, -0.15) is 0 Å². The molecule has 2 rings (SSSR count). The molecule has 2 nitrogen and oxygen atoms in total. The molecule has 1 saturated carbocycles. The van der Waals surface area contributed by atoms with Gasteiger partial charge in [-0.3, -0.25) is 0 Å². The van der Waals surface area contributed by atoms with Crippen LogP contribution in [0.3, 0.4) is 0 Å². The van der Waals surface area contributed by atoms with E-state index in [-0.39, 0.29) is 0 Å². The Labute approximate surface area is 118 Å². The normalized spacial score (nSPS) is 16.6. The second-order valence-electron chi connectivity index (χ2n) is 5.31. The van der Waals surface area contributed by atoms with Crippen molar-refractivity contribution in [2.75, 3.05) is 20.2 Å². The van der Waals surface area contributed by atoms with E-state index in [0.717, 1.165) is 29.7 Å². The molecule has 0 amide bonds. The van der Waals surface area contributed by atoms with Crippen LogP contribution in [0.2, 0.25) is 0 Å². The Morgan fingerprint density at radius 2 is 2.17 bits per heavy atom. The van der Waals surface area contributed by atoms with Gasteiger partial charge in [0, 0.05) is 11.0 Å². The molecule has 0 unspecified atom stereocenters. The second kappa shape index (κ2) is 6.07. The van der Waals surface area contributed by atoms with Crippen LogP contribution in [0.5, 0.6) is 5.75 Å². The van der Waals surface area contributed by atoms with Crippen LogP contribution >= 0.6 is 15.9 Å². The maximum absolute atomic E-state index is 5.46. The molecular weight excluding hydrogens is 290 g/mol. The molecule has 1 N–H and O–H groups in total. The number of benzene rings is 1. The molecule has 1 aromatic carbocycles. The summed E-state index contributed by atoms with van der Waals surface area (Å²) in [7, 11) is 1.75. The van der Waals surface area contributed by atoms with Crippen molar-refractivity contribution in [2.24, 2.45) is 5.41 Å². The fourth-order valence-electron chi connectivity index (χ4n) is 2.41. The molecule has 0 spiro atoms. The summed E-state index contributed by atoms with van der Waals surface area (Å²) in [5.74, 6) is 1.01. The third-order valence-electron chi connectivity index (χ3n) is 3.69. The Hall–Kier alpha value is -0.540. The Bertz CT molecular complexity index is 401. The summed E-state index contributed by atoms with van der Waals surface area (Å²) in [6.07, 6.45) is 4.99. The third-order valence-corrected chi connectivity index (χ3v) is 4.19. The predicted octanol–water partition coefficient (Wildman–Crippen LogP) is 3.78. The number of nitrogens with one attached hydrogen (secondary N) is 1. The van der Waals surface area contributed by atoms with E-state index >= 15 is 0 Å². The maximum atomic E-state index is 5.46. The molecule has 0 saturated heterocycles. The molecule has 0 heterocycles. The van der Waals surface area contributed by atoms with Gasteiger partial charge in [-0.25, -0.2) is 0 Å². The summed E-state index contributed by atoms with van der Waals surface area (Å²) in [5, 5.41) is 3.56. The van der Waals surface area contributed by atoms with Crippen LogP contribution in [-0.2, 0) is 6.42 Å². The summed E-state index contributed by atoms with van der Waals surface area (Å²) in [5.41, 5.74) is 1.80. The largest absolute Gasteiger partial charge is 0.496 e. The Morgan fingerprint density at radius 1 is 1.39 bits per heavy atom. The van der Waals surface area contributed by atoms with Crippen LogP contribution in [0.4, 0.5) is 0 Å². The van der Waals surface area contributed by atoms with Crippen molar-refractivity contribution in [1.82, 2.24) is 5.32 Å². The lowest BCUT2D eigenvalue weighted by Crippen LogP contribution is -2.26. The highest BCUT2D eigenvalue weighted by Gasteiger charge is 2.42. The molecule has 1 aromatic rings. The van der Waals surface area contributed by atoms with Gasteiger partial charge in [0.15, 0.2) is 0 Å². The standard InChI is InChI=1S/C15H22BrNO/c1-3-8-17-11-15(6-7-15)10-12-9-13(16)4-5-14(12)18-2/h4-5,9,17H,3,6-8,10-11H2,1-2H3. The molecule has 1 aliphatic carbocycles. The molecule has 18 heavy (non-hydrogen) atoms. The zero-order chi connectivity index (χ0) is 13.0. The van der Waals surface area contributed by atoms with E-state index < -0.39 is 0 Å². The highest BCUT2D eigenvalue weighted by atomic mass is 79.9. The minimum absolute atomic E-state index is 0.475. The monoisotopic (exact) mass is 311 g/mol. The molecular formula is C15H22BrNO. The number of rotatable bonds is 7. The van der Waals surface area contributed by atoms with Crippen molar-refractivity contribution in [1.29, 1.82) is 0 Å². The van der Waals surface area contributed by atoms with Gasteiger partial charge >= 0.3 is 0 Å². The highest BCUT2D eigenvalue weighted by molar-refractivity contribution is 9.10. The van der Waals surface area contributed by atoms with E-state index in [9.17, 15) is 0 Å². The van der Waals surface area contributed by atoms with Gasteiger partial charge in [-0.1, -0.05) is 22.9 Å². The fourth-order valence-corrected chi connectivity index (χ4v) is 2.82. The van der Waals surface area contributed by atoms with Crippen molar-refractivity contribution >= 4 is 15.9 Å². The smallest absolute Gasteiger partial charge is 0.122 e. The first-order valence-corrected chi connectivity index (χ1v) is 7.51. The molecule has 1 aliphatic rings. The van der Waals surface area contributed by atoms with Crippen molar-refractivity contribution in [3.8, 4) is 5.75 Å². The third kappa shape index (κ3) is 3.48. The van der Waals surface area contributed by atoms with Gasteiger partial charge in [0.05, 0.1) is 7.11 Å². The van der Waals surface area contributed by atoms with Crippen molar-refractivity contribution in [2.45, 2.75) is 32.6 Å². The Kier molecular flexibility index (Phi) is 4.68. The SMILES string of the molecule is CCCNCC1(Cc2cc(Br)ccc2OC)CC1. The van der Waals surface area contributed by atoms with E-state index in [1.807, 2.05) is 6.07 Å². The molecule has 0 bridgehead atoms. The quantitative estimate of drug-likeness (QED) is 0.774. The molecule has 3 heteroatoms. The molecule has 0 aromatic heterocycles. The first-order chi connectivity index (χ1) is 8.69. The van der Waals surface area contributed by atoms with Crippen molar-refractivity contribution in [3.05, 3.63) is 28.2 Å². The van der Waals surface area contributed by atoms with Crippen LogP contribution < -0.4 is 10.1 Å². The summed E-state index contributed by atoms with van der Waals surface area (Å²) in [6.45, 7) is 4.47.